The number of hydrogen-bond acceptors (Lipinski definition) is 3. The summed E-state index contributed by atoms with van der Waals surface area (Å²) in [4.78, 5) is 13.4. The molecule has 0 aliphatic carbocycles. The lowest BCUT2D eigenvalue weighted by Crippen LogP contribution is -2.58. The monoisotopic (exact) mass is 199 g/mol. The molecule has 14 heavy (non-hydrogen) atoms. The molecule has 1 fully saturated rings. The molecule has 1 amide bonds. The van der Waals surface area contributed by atoms with Gasteiger partial charge in [0, 0.05) is 25.2 Å². The van der Waals surface area contributed by atoms with E-state index in [2.05, 4.69) is 24.1 Å². The standard InChI is InChI=1S/C10H21N3O/c1-7(2)9-4-12-10(14)6-13(9)5-8(3)11/h7-9H,4-6,11H2,1-3H3,(H,12,14). The van der Waals surface area contributed by atoms with Crippen LogP contribution in [0.25, 0.3) is 0 Å². The van der Waals surface area contributed by atoms with E-state index < -0.39 is 0 Å². The van der Waals surface area contributed by atoms with Gasteiger partial charge in [-0.2, -0.15) is 0 Å². The predicted molar refractivity (Wildman–Crippen MR) is 56.9 cm³/mol. The summed E-state index contributed by atoms with van der Waals surface area (Å²) in [5, 5.41) is 2.90. The summed E-state index contributed by atoms with van der Waals surface area (Å²) < 4.78 is 0. The summed E-state index contributed by atoms with van der Waals surface area (Å²) in [5.41, 5.74) is 5.76. The maximum Gasteiger partial charge on any atom is 0.234 e. The third-order valence-corrected chi connectivity index (χ3v) is 2.62. The van der Waals surface area contributed by atoms with Crippen molar-refractivity contribution in [1.29, 1.82) is 0 Å². The van der Waals surface area contributed by atoms with Gasteiger partial charge in [0.25, 0.3) is 0 Å². The number of nitrogens with one attached hydrogen (secondary N) is 1. The van der Waals surface area contributed by atoms with Gasteiger partial charge < -0.3 is 11.1 Å². The fourth-order valence-electron chi connectivity index (χ4n) is 1.93. The van der Waals surface area contributed by atoms with Gasteiger partial charge in [-0.1, -0.05) is 13.8 Å². The molecule has 0 saturated carbocycles. The summed E-state index contributed by atoms with van der Waals surface area (Å²) in [7, 11) is 0. The van der Waals surface area contributed by atoms with Crippen LogP contribution in [0.1, 0.15) is 20.8 Å². The smallest absolute Gasteiger partial charge is 0.234 e. The molecular formula is C10H21N3O. The Hall–Kier alpha value is -0.610. The van der Waals surface area contributed by atoms with E-state index in [0.29, 0.717) is 18.5 Å². The van der Waals surface area contributed by atoms with Crippen molar-refractivity contribution < 1.29 is 4.79 Å². The summed E-state index contributed by atoms with van der Waals surface area (Å²) >= 11 is 0. The van der Waals surface area contributed by atoms with Crippen molar-refractivity contribution in [1.82, 2.24) is 10.2 Å². The molecule has 0 aromatic heterocycles. The van der Waals surface area contributed by atoms with Crippen LogP contribution in [-0.4, -0.2) is 42.5 Å². The number of piperazine rings is 1. The first-order valence-corrected chi connectivity index (χ1v) is 5.27. The first-order valence-electron chi connectivity index (χ1n) is 5.27. The topological polar surface area (TPSA) is 58.4 Å². The number of hydrogen-bond donors (Lipinski definition) is 2. The summed E-state index contributed by atoms with van der Waals surface area (Å²) in [6.07, 6.45) is 0. The molecule has 1 aliphatic heterocycles. The molecule has 0 aromatic rings. The predicted octanol–water partition coefficient (Wildman–Crippen LogP) is -0.210. The van der Waals surface area contributed by atoms with E-state index in [0.717, 1.165) is 13.1 Å². The normalized spacial score (nSPS) is 26.4. The van der Waals surface area contributed by atoms with Crippen molar-refractivity contribution in [3.8, 4) is 0 Å². The Balaban J connectivity index is 2.58. The molecule has 0 spiro atoms. The van der Waals surface area contributed by atoms with Crippen LogP contribution in [0, 0.1) is 5.92 Å². The molecule has 3 N–H and O–H groups in total. The summed E-state index contributed by atoms with van der Waals surface area (Å²) in [6.45, 7) is 8.38. The molecule has 1 rings (SSSR count). The minimum Gasteiger partial charge on any atom is -0.353 e. The second kappa shape index (κ2) is 4.75. The van der Waals surface area contributed by atoms with Crippen molar-refractivity contribution in [2.24, 2.45) is 11.7 Å². The lowest BCUT2D eigenvalue weighted by molar-refractivity contribution is -0.126. The van der Waals surface area contributed by atoms with Gasteiger partial charge in [0.15, 0.2) is 0 Å². The van der Waals surface area contributed by atoms with E-state index in [4.69, 9.17) is 5.73 Å². The van der Waals surface area contributed by atoms with Crippen molar-refractivity contribution in [2.45, 2.75) is 32.9 Å². The highest BCUT2D eigenvalue weighted by Crippen LogP contribution is 2.13. The Bertz CT molecular complexity index is 204. The molecule has 0 radical (unpaired) electrons. The van der Waals surface area contributed by atoms with Crippen molar-refractivity contribution in [3.05, 3.63) is 0 Å². The molecule has 1 saturated heterocycles. The van der Waals surface area contributed by atoms with E-state index >= 15 is 0 Å². The van der Waals surface area contributed by atoms with Crippen LogP contribution >= 0.6 is 0 Å². The summed E-state index contributed by atoms with van der Waals surface area (Å²) in [5.74, 6) is 0.664. The number of carbonyl (C=O) groups is 1. The first-order chi connectivity index (χ1) is 6.50. The van der Waals surface area contributed by atoms with Gasteiger partial charge in [0.1, 0.15) is 0 Å². The highest BCUT2D eigenvalue weighted by atomic mass is 16.2. The zero-order valence-electron chi connectivity index (χ0n) is 9.29. The Morgan fingerprint density at radius 3 is 2.71 bits per heavy atom. The number of rotatable bonds is 3. The van der Waals surface area contributed by atoms with Gasteiger partial charge in [0.05, 0.1) is 6.54 Å². The number of carbonyl (C=O) groups excluding carboxylic acids is 1. The lowest BCUT2D eigenvalue weighted by Gasteiger charge is -2.38. The van der Waals surface area contributed by atoms with E-state index in [1.165, 1.54) is 0 Å². The Morgan fingerprint density at radius 1 is 1.57 bits per heavy atom. The molecular weight excluding hydrogens is 178 g/mol. The molecule has 1 aliphatic rings. The van der Waals surface area contributed by atoms with Gasteiger partial charge in [-0.25, -0.2) is 0 Å². The highest BCUT2D eigenvalue weighted by molar-refractivity contribution is 5.78. The summed E-state index contributed by atoms with van der Waals surface area (Å²) in [6, 6.07) is 0.556. The van der Waals surface area contributed by atoms with E-state index in [9.17, 15) is 4.79 Å². The lowest BCUT2D eigenvalue weighted by atomic mass is 10.00. The van der Waals surface area contributed by atoms with Crippen LogP contribution in [0.4, 0.5) is 0 Å². The van der Waals surface area contributed by atoms with E-state index in [1.807, 2.05) is 6.92 Å². The quantitative estimate of drug-likeness (QED) is 0.661. The average molecular weight is 199 g/mol. The molecule has 4 heteroatoms. The van der Waals surface area contributed by atoms with Gasteiger partial charge in [-0.05, 0) is 12.8 Å². The minimum atomic E-state index is 0.113. The fraction of sp³-hybridized carbons (Fsp3) is 0.900. The van der Waals surface area contributed by atoms with Crippen molar-refractivity contribution in [3.63, 3.8) is 0 Å². The highest BCUT2D eigenvalue weighted by Gasteiger charge is 2.28. The van der Waals surface area contributed by atoms with Crippen molar-refractivity contribution >= 4 is 5.91 Å². The van der Waals surface area contributed by atoms with Crippen LogP contribution in [0.15, 0.2) is 0 Å². The Labute approximate surface area is 85.8 Å². The maximum atomic E-state index is 11.2. The van der Waals surface area contributed by atoms with Gasteiger partial charge in [0.2, 0.25) is 5.91 Å². The molecule has 1 heterocycles. The Morgan fingerprint density at radius 2 is 2.21 bits per heavy atom. The molecule has 0 aromatic carbocycles. The third-order valence-electron chi connectivity index (χ3n) is 2.62. The molecule has 4 nitrogen and oxygen atoms in total. The number of nitrogens with two attached hydrogens (primary N) is 1. The minimum absolute atomic E-state index is 0.113. The van der Waals surface area contributed by atoms with Crippen LogP contribution in [0.2, 0.25) is 0 Å². The van der Waals surface area contributed by atoms with E-state index in [-0.39, 0.29) is 11.9 Å². The largest absolute Gasteiger partial charge is 0.353 e. The molecule has 0 bridgehead atoms. The van der Waals surface area contributed by atoms with Gasteiger partial charge in [-0.3, -0.25) is 9.69 Å². The third kappa shape index (κ3) is 2.96. The maximum absolute atomic E-state index is 11.2. The zero-order valence-corrected chi connectivity index (χ0v) is 9.29. The van der Waals surface area contributed by atoms with Crippen LogP contribution in [0.5, 0.6) is 0 Å². The van der Waals surface area contributed by atoms with Crippen LogP contribution in [0.3, 0.4) is 0 Å². The fourth-order valence-corrected chi connectivity index (χ4v) is 1.93. The Kier molecular flexibility index (Phi) is 3.89. The second-order valence-corrected chi connectivity index (χ2v) is 4.52. The average Bonchev–Trinajstić information content (AvgIpc) is 2.01. The number of amides is 1. The van der Waals surface area contributed by atoms with Crippen LogP contribution < -0.4 is 11.1 Å². The zero-order chi connectivity index (χ0) is 10.7. The molecule has 2 unspecified atom stereocenters. The molecule has 82 valence electrons. The number of nitrogens with zero attached hydrogens (tertiary/aromatic N) is 1. The van der Waals surface area contributed by atoms with Gasteiger partial charge >= 0.3 is 0 Å². The van der Waals surface area contributed by atoms with Gasteiger partial charge in [-0.15, -0.1) is 0 Å². The van der Waals surface area contributed by atoms with Crippen molar-refractivity contribution in [2.75, 3.05) is 19.6 Å². The second-order valence-electron chi connectivity index (χ2n) is 4.52. The molecule has 2 atom stereocenters. The first kappa shape index (κ1) is 11.5. The SMILES string of the molecule is CC(N)CN1CC(=O)NCC1C(C)C. The van der Waals surface area contributed by atoms with Crippen LogP contribution in [-0.2, 0) is 4.79 Å². The van der Waals surface area contributed by atoms with E-state index in [1.54, 1.807) is 0 Å².